The predicted molar refractivity (Wildman–Crippen MR) is 80.6 cm³/mol. The van der Waals surface area contributed by atoms with Crippen LogP contribution in [0.25, 0.3) is 0 Å². The summed E-state index contributed by atoms with van der Waals surface area (Å²) in [4.78, 5) is 0. The Kier molecular flexibility index (Phi) is 4.84. The fourth-order valence-corrected chi connectivity index (χ4v) is 4.70. The molecule has 0 fully saturated rings. The largest absolute Gasteiger partial charge is 0.435 e. The van der Waals surface area contributed by atoms with E-state index in [9.17, 15) is 17.2 Å². The normalized spacial score (nSPS) is 11.7. The molecule has 0 saturated heterocycles. The van der Waals surface area contributed by atoms with Crippen molar-refractivity contribution in [2.24, 2.45) is 0 Å². The van der Waals surface area contributed by atoms with Gasteiger partial charge in [0.1, 0.15) is 9.96 Å². The molecule has 0 spiro atoms. The molecule has 0 aliphatic carbocycles. The number of ether oxygens (including phenoxy) is 1. The summed E-state index contributed by atoms with van der Waals surface area (Å²) in [5.41, 5.74) is 0.786. The number of hydrogen-bond acceptors (Lipinski definition) is 4. The van der Waals surface area contributed by atoms with Crippen molar-refractivity contribution in [1.29, 1.82) is 0 Å². The number of sulfonamides is 1. The highest BCUT2D eigenvalue weighted by Gasteiger charge is 2.18. The number of benzene rings is 1. The number of hydrogen-bond donors (Lipinski definition) is 1. The van der Waals surface area contributed by atoms with E-state index in [1.807, 2.05) is 0 Å². The lowest BCUT2D eigenvalue weighted by molar-refractivity contribution is -0.0498. The summed E-state index contributed by atoms with van der Waals surface area (Å²) in [6, 6.07) is 7.11. The topological polar surface area (TPSA) is 55.4 Å². The lowest BCUT2D eigenvalue weighted by Crippen LogP contribution is -2.12. The van der Waals surface area contributed by atoms with E-state index in [0.29, 0.717) is 15.0 Å². The zero-order valence-electron chi connectivity index (χ0n) is 10.6. The highest BCUT2D eigenvalue weighted by molar-refractivity contribution is 9.11. The summed E-state index contributed by atoms with van der Waals surface area (Å²) >= 11 is 4.27. The molecule has 21 heavy (non-hydrogen) atoms. The Balaban J connectivity index is 2.23. The minimum absolute atomic E-state index is 0.0238. The van der Waals surface area contributed by atoms with Crippen LogP contribution in [0.2, 0.25) is 0 Å². The Hall–Kier alpha value is -1.19. The van der Waals surface area contributed by atoms with Gasteiger partial charge in [0.25, 0.3) is 10.0 Å². The fraction of sp³-hybridized carbons (Fsp3) is 0.167. The van der Waals surface area contributed by atoms with Gasteiger partial charge in [-0.25, -0.2) is 8.42 Å². The number of rotatable bonds is 5. The molecular formula is C12H10BrF2NO3S2. The van der Waals surface area contributed by atoms with E-state index in [1.54, 1.807) is 13.0 Å². The molecule has 0 saturated carbocycles. The predicted octanol–water partition coefficient (Wildman–Crippen LogP) is 4.22. The van der Waals surface area contributed by atoms with E-state index in [2.05, 4.69) is 25.4 Å². The molecule has 0 unspecified atom stereocenters. The second-order valence-corrected chi connectivity index (χ2v) is 8.39. The summed E-state index contributed by atoms with van der Waals surface area (Å²) in [5, 5.41) is 0. The number of alkyl halides is 2. The second kappa shape index (κ2) is 6.29. The van der Waals surface area contributed by atoms with Crippen molar-refractivity contribution in [2.45, 2.75) is 17.7 Å². The summed E-state index contributed by atoms with van der Waals surface area (Å²) in [5.74, 6) is -0.0238. The maximum absolute atomic E-state index is 12.2. The Morgan fingerprint density at radius 1 is 1.29 bits per heavy atom. The minimum atomic E-state index is -3.70. The van der Waals surface area contributed by atoms with Gasteiger partial charge < -0.3 is 4.74 Å². The van der Waals surface area contributed by atoms with Gasteiger partial charge in [-0.3, -0.25) is 4.72 Å². The maximum atomic E-state index is 12.2. The monoisotopic (exact) mass is 397 g/mol. The zero-order valence-corrected chi connectivity index (χ0v) is 13.9. The smallest absolute Gasteiger partial charge is 0.387 e. The van der Waals surface area contributed by atoms with Crippen molar-refractivity contribution in [3.8, 4) is 5.75 Å². The third-order valence-corrected chi connectivity index (χ3v) is 5.96. The van der Waals surface area contributed by atoms with Crippen molar-refractivity contribution in [3.63, 3.8) is 0 Å². The molecule has 2 rings (SSSR count). The highest BCUT2D eigenvalue weighted by atomic mass is 79.9. The van der Waals surface area contributed by atoms with E-state index in [-0.39, 0.29) is 9.96 Å². The van der Waals surface area contributed by atoms with Crippen LogP contribution in [0.1, 0.15) is 5.56 Å². The lowest BCUT2D eigenvalue weighted by Gasteiger charge is -2.11. The van der Waals surface area contributed by atoms with Gasteiger partial charge >= 0.3 is 6.61 Å². The standard InChI is InChI=1S/C12H10BrF2NO3S2/c1-7-6-8(19-12(14)15)2-3-9(7)16-21(17,18)11-5-4-10(13)20-11/h2-6,12,16H,1H3. The first-order valence-corrected chi connectivity index (χ1v) is 8.71. The van der Waals surface area contributed by atoms with Crippen molar-refractivity contribution < 1.29 is 21.9 Å². The van der Waals surface area contributed by atoms with Gasteiger partial charge in [0.15, 0.2) is 0 Å². The maximum Gasteiger partial charge on any atom is 0.387 e. The molecule has 9 heteroatoms. The number of aryl methyl sites for hydroxylation is 1. The highest BCUT2D eigenvalue weighted by Crippen LogP contribution is 2.29. The van der Waals surface area contributed by atoms with Gasteiger partial charge in [0.2, 0.25) is 0 Å². The van der Waals surface area contributed by atoms with Crippen molar-refractivity contribution in [1.82, 2.24) is 0 Å². The van der Waals surface area contributed by atoms with Crippen LogP contribution < -0.4 is 9.46 Å². The molecule has 114 valence electrons. The average Bonchev–Trinajstić information content (AvgIpc) is 2.79. The number of halogens is 3. The lowest BCUT2D eigenvalue weighted by atomic mass is 10.2. The molecule has 1 aromatic carbocycles. The molecule has 0 aliphatic heterocycles. The first-order valence-electron chi connectivity index (χ1n) is 5.61. The molecule has 4 nitrogen and oxygen atoms in total. The number of nitrogens with one attached hydrogen (secondary N) is 1. The quantitative estimate of drug-likeness (QED) is 0.821. The van der Waals surface area contributed by atoms with Crippen LogP contribution in [-0.2, 0) is 10.0 Å². The van der Waals surface area contributed by atoms with E-state index < -0.39 is 16.6 Å². The molecule has 2 aromatic rings. The Bertz CT molecular complexity index is 747. The van der Waals surface area contributed by atoms with Crippen LogP contribution in [0.4, 0.5) is 14.5 Å². The summed E-state index contributed by atoms with van der Waals surface area (Å²) in [7, 11) is -3.70. The number of thiophene rings is 1. The molecule has 0 atom stereocenters. The minimum Gasteiger partial charge on any atom is -0.435 e. The zero-order chi connectivity index (χ0) is 15.6. The van der Waals surface area contributed by atoms with E-state index in [4.69, 9.17) is 0 Å². The average molecular weight is 398 g/mol. The van der Waals surface area contributed by atoms with Crippen LogP contribution in [0.3, 0.4) is 0 Å². The molecular weight excluding hydrogens is 388 g/mol. The summed E-state index contributed by atoms with van der Waals surface area (Å²) in [6.07, 6.45) is 0. The van der Waals surface area contributed by atoms with E-state index in [0.717, 1.165) is 11.3 Å². The molecule has 0 aliphatic rings. The molecule has 1 N–H and O–H groups in total. The van der Waals surface area contributed by atoms with Gasteiger partial charge in [-0.15, -0.1) is 11.3 Å². The Labute approximate surface area is 132 Å². The Morgan fingerprint density at radius 3 is 2.52 bits per heavy atom. The van der Waals surface area contributed by atoms with Gasteiger partial charge in [0, 0.05) is 0 Å². The van der Waals surface area contributed by atoms with Crippen molar-refractivity contribution >= 4 is 43.0 Å². The first-order chi connectivity index (χ1) is 9.78. The third-order valence-electron chi connectivity index (χ3n) is 2.48. The molecule has 1 aromatic heterocycles. The van der Waals surface area contributed by atoms with Crippen molar-refractivity contribution in [2.75, 3.05) is 4.72 Å². The van der Waals surface area contributed by atoms with Gasteiger partial charge in [-0.05, 0) is 58.7 Å². The summed E-state index contributed by atoms with van der Waals surface area (Å²) < 4.78 is 56.1. The van der Waals surface area contributed by atoms with Gasteiger partial charge in [-0.1, -0.05) is 0 Å². The summed E-state index contributed by atoms with van der Waals surface area (Å²) in [6.45, 7) is -1.32. The van der Waals surface area contributed by atoms with Crippen LogP contribution in [0, 0.1) is 6.92 Å². The molecule has 0 amide bonds. The SMILES string of the molecule is Cc1cc(OC(F)F)ccc1NS(=O)(=O)c1ccc(Br)s1. The van der Waals surface area contributed by atoms with Crippen LogP contribution >= 0.6 is 27.3 Å². The van der Waals surface area contributed by atoms with Gasteiger partial charge in [-0.2, -0.15) is 8.78 Å². The van der Waals surface area contributed by atoms with Crippen LogP contribution in [-0.4, -0.2) is 15.0 Å². The number of anilines is 1. The molecule has 0 radical (unpaired) electrons. The Morgan fingerprint density at radius 2 is 2.00 bits per heavy atom. The molecule has 0 bridgehead atoms. The van der Waals surface area contributed by atoms with Gasteiger partial charge in [0.05, 0.1) is 9.47 Å². The van der Waals surface area contributed by atoms with E-state index in [1.165, 1.54) is 24.3 Å². The van der Waals surface area contributed by atoms with Crippen molar-refractivity contribution in [3.05, 3.63) is 39.7 Å². The second-order valence-electron chi connectivity index (χ2n) is 4.02. The third kappa shape index (κ3) is 4.14. The fourth-order valence-electron chi connectivity index (χ4n) is 1.56. The van der Waals surface area contributed by atoms with E-state index >= 15 is 0 Å². The van der Waals surface area contributed by atoms with Crippen LogP contribution in [0.5, 0.6) is 5.75 Å². The first kappa shape index (κ1) is 16.2. The van der Waals surface area contributed by atoms with Crippen LogP contribution in [0.15, 0.2) is 38.3 Å². The molecule has 1 heterocycles.